The summed E-state index contributed by atoms with van der Waals surface area (Å²) in [7, 11) is 0. The van der Waals surface area contributed by atoms with Crippen molar-refractivity contribution in [3.63, 3.8) is 0 Å². The van der Waals surface area contributed by atoms with Gasteiger partial charge in [-0.3, -0.25) is 19.3 Å². The number of imide groups is 1. The summed E-state index contributed by atoms with van der Waals surface area (Å²) in [4.78, 5) is 41.8. The molecule has 39 heavy (non-hydrogen) atoms. The number of nitrogens with one attached hydrogen (secondary N) is 2. The summed E-state index contributed by atoms with van der Waals surface area (Å²) in [6.07, 6.45) is 1.50. The maximum atomic E-state index is 13.5. The van der Waals surface area contributed by atoms with Crippen LogP contribution in [0.15, 0.2) is 105 Å². The molecule has 4 aromatic rings. The van der Waals surface area contributed by atoms with Crippen LogP contribution in [0.1, 0.15) is 27.2 Å². The Labute approximate surface area is 234 Å². The quantitative estimate of drug-likeness (QED) is 0.232. The summed E-state index contributed by atoms with van der Waals surface area (Å²) in [6, 6.07) is 22.9. The van der Waals surface area contributed by atoms with Gasteiger partial charge in [-0.05, 0) is 85.6 Å². The minimum Gasteiger partial charge on any atom is -0.467 e. The molecule has 2 heterocycles. The zero-order valence-electron chi connectivity index (χ0n) is 21.2. The Morgan fingerprint density at radius 1 is 0.897 bits per heavy atom. The highest BCUT2D eigenvalue weighted by Crippen LogP contribution is 2.37. The second-order valence-electron chi connectivity index (χ2n) is 9.00. The maximum absolute atomic E-state index is 13.5. The summed E-state index contributed by atoms with van der Waals surface area (Å²) >= 11 is 7.17. The van der Waals surface area contributed by atoms with Crippen molar-refractivity contribution in [2.24, 2.45) is 0 Å². The van der Waals surface area contributed by atoms with Gasteiger partial charge in [-0.2, -0.15) is 0 Å². The third kappa shape index (κ3) is 5.92. The molecule has 2 N–H and O–H groups in total. The van der Waals surface area contributed by atoms with Gasteiger partial charge in [0.05, 0.1) is 12.8 Å². The SMILES string of the molecule is Cc1ccc(NC2=C(Sc3cccc(NC(=O)c4cccc(Cl)c4)c3)C(=O)N(Cc3ccco3)C2=O)cc1C. The number of amides is 3. The van der Waals surface area contributed by atoms with Crippen LogP contribution in [0.2, 0.25) is 5.02 Å². The fourth-order valence-electron chi connectivity index (χ4n) is 4.01. The lowest BCUT2D eigenvalue weighted by molar-refractivity contribution is -0.138. The van der Waals surface area contributed by atoms with Crippen molar-refractivity contribution in [2.45, 2.75) is 25.3 Å². The second-order valence-corrected chi connectivity index (χ2v) is 10.5. The molecule has 1 aromatic heterocycles. The topological polar surface area (TPSA) is 91.7 Å². The number of rotatable bonds is 8. The minimum absolute atomic E-state index is 0.0164. The number of nitrogens with zero attached hydrogens (tertiary/aromatic N) is 1. The van der Waals surface area contributed by atoms with Gasteiger partial charge in [-0.15, -0.1) is 0 Å². The van der Waals surface area contributed by atoms with Crippen LogP contribution in [0.5, 0.6) is 0 Å². The third-order valence-corrected chi connectivity index (χ3v) is 7.50. The monoisotopic (exact) mass is 557 g/mol. The van der Waals surface area contributed by atoms with Crippen LogP contribution in [0.25, 0.3) is 0 Å². The van der Waals surface area contributed by atoms with Crippen molar-refractivity contribution in [1.29, 1.82) is 0 Å². The number of benzene rings is 3. The number of hydrogen-bond donors (Lipinski definition) is 2. The summed E-state index contributed by atoms with van der Waals surface area (Å²) < 4.78 is 5.38. The molecule has 0 unspecified atom stereocenters. The normalized spacial score (nSPS) is 13.3. The highest BCUT2D eigenvalue weighted by molar-refractivity contribution is 8.04. The number of aryl methyl sites for hydroxylation is 2. The van der Waals surface area contributed by atoms with Gasteiger partial charge in [0.15, 0.2) is 0 Å². The number of hydrogen-bond acceptors (Lipinski definition) is 6. The first kappa shape index (κ1) is 26.3. The number of halogens is 1. The van der Waals surface area contributed by atoms with Crippen LogP contribution in [-0.4, -0.2) is 22.6 Å². The van der Waals surface area contributed by atoms with E-state index in [1.54, 1.807) is 54.6 Å². The third-order valence-electron chi connectivity index (χ3n) is 6.19. The van der Waals surface area contributed by atoms with Crippen molar-refractivity contribution >= 4 is 52.5 Å². The number of thioether (sulfide) groups is 1. The Morgan fingerprint density at radius 2 is 1.72 bits per heavy atom. The summed E-state index contributed by atoms with van der Waals surface area (Å²) in [5, 5.41) is 6.50. The highest BCUT2D eigenvalue weighted by Gasteiger charge is 2.39. The molecule has 3 amide bonds. The highest BCUT2D eigenvalue weighted by atomic mass is 35.5. The summed E-state index contributed by atoms with van der Waals surface area (Å²) in [6.45, 7) is 4.01. The van der Waals surface area contributed by atoms with E-state index in [1.165, 1.54) is 6.26 Å². The van der Waals surface area contributed by atoms with Gasteiger partial charge in [0.2, 0.25) is 0 Å². The van der Waals surface area contributed by atoms with Crippen LogP contribution in [-0.2, 0) is 16.1 Å². The van der Waals surface area contributed by atoms with Crippen LogP contribution in [0, 0.1) is 13.8 Å². The second kappa shape index (κ2) is 11.2. The van der Waals surface area contributed by atoms with E-state index in [0.29, 0.717) is 32.6 Å². The van der Waals surface area contributed by atoms with Crippen LogP contribution >= 0.6 is 23.4 Å². The van der Waals surface area contributed by atoms with Crippen molar-refractivity contribution in [2.75, 3.05) is 10.6 Å². The fraction of sp³-hybridized carbons (Fsp3) is 0.100. The smallest absolute Gasteiger partial charge is 0.278 e. The summed E-state index contributed by atoms with van der Waals surface area (Å²) in [5.74, 6) is -0.685. The first-order valence-electron chi connectivity index (χ1n) is 12.1. The lowest BCUT2D eigenvalue weighted by Gasteiger charge is -2.14. The van der Waals surface area contributed by atoms with Crippen molar-refractivity contribution in [3.05, 3.63) is 123 Å². The summed E-state index contributed by atoms with van der Waals surface area (Å²) in [5.41, 5.74) is 4.03. The number of anilines is 2. The molecule has 1 aliphatic heterocycles. The molecule has 0 atom stereocenters. The van der Waals surface area contributed by atoms with Gasteiger partial charge >= 0.3 is 0 Å². The molecule has 0 saturated carbocycles. The molecule has 9 heteroatoms. The lowest BCUT2D eigenvalue weighted by atomic mass is 10.1. The van der Waals surface area contributed by atoms with E-state index < -0.39 is 11.8 Å². The van der Waals surface area contributed by atoms with E-state index in [-0.39, 0.29) is 23.1 Å². The van der Waals surface area contributed by atoms with Gasteiger partial charge in [0.25, 0.3) is 17.7 Å². The molecular formula is C30H24ClN3O4S. The largest absolute Gasteiger partial charge is 0.467 e. The Balaban J connectivity index is 1.43. The zero-order valence-corrected chi connectivity index (χ0v) is 22.7. The van der Waals surface area contributed by atoms with E-state index in [0.717, 1.165) is 27.8 Å². The number of carbonyl (C=O) groups excluding carboxylic acids is 3. The molecule has 0 spiro atoms. The van der Waals surface area contributed by atoms with Crippen LogP contribution < -0.4 is 10.6 Å². The van der Waals surface area contributed by atoms with Crippen LogP contribution in [0.3, 0.4) is 0 Å². The van der Waals surface area contributed by atoms with E-state index in [4.69, 9.17) is 16.0 Å². The fourth-order valence-corrected chi connectivity index (χ4v) is 5.21. The number of furan rings is 1. The Hall–Kier alpha value is -4.27. The van der Waals surface area contributed by atoms with E-state index in [2.05, 4.69) is 10.6 Å². The lowest BCUT2D eigenvalue weighted by Crippen LogP contribution is -2.31. The molecule has 3 aromatic carbocycles. The van der Waals surface area contributed by atoms with E-state index in [9.17, 15) is 14.4 Å². The number of carbonyl (C=O) groups is 3. The molecular weight excluding hydrogens is 534 g/mol. The molecule has 5 rings (SSSR count). The van der Waals surface area contributed by atoms with E-state index >= 15 is 0 Å². The van der Waals surface area contributed by atoms with Crippen LogP contribution in [0.4, 0.5) is 11.4 Å². The minimum atomic E-state index is -0.442. The zero-order chi connectivity index (χ0) is 27.5. The average Bonchev–Trinajstić information content (AvgIpc) is 3.50. The van der Waals surface area contributed by atoms with Gasteiger partial charge in [-0.1, -0.05) is 41.6 Å². The molecule has 0 radical (unpaired) electrons. The molecule has 7 nitrogen and oxygen atoms in total. The van der Waals surface area contributed by atoms with Crippen molar-refractivity contribution in [3.8, 4) is 0 Å². The predicted octanol–water partition coefficient (Wildman–Crippen LogP) is 6.79. The molecule has 0 bridgehead atoms. The molecule has 0 aliphatic carbocycles. The maximum Gasteiger partial charge on any atom is 0.278 e. The molecule has 196 valence electrons. The van der Waals surface area contributed by atoms with Gasteiger partial charge in [0, 0.05) is 26.9 Å². The Morgan fingerprint density at radius 3 is 2.46 bits per heavy atom. The standard InChI is InChI=1S/C30H24ClN3O4S/c1-18-11-12-23(14-19(18)2)32-26-27(30(37)34(29(26)36)17-24-9-5-13-38-24)39-25-10-4-8-22(16-25)33-28(35)20-6-3-7-21(31)15-20/h3-16,32H,17H2,1-2H3,(H,33,35). The molecule has 1 aliphatic rings. The average molecular weight is 558 g/mol. The van der Waals surface area contributed by atoms with Gasteiger partial charge in [0.1, 0.15) is 16.4 Å². The van der Waals surface area contributed by atoms with E-state index in [1.807, 2.05) is 38.1 Å². The molecule has 0 fully saturated rings. The Bertz CT molecular complexity index is 1610. The van der Waals surface area contributed by atoms with Crippen molar-refractivity contribution in [1.82, 2.24) is 4.90 Å². The first-order chi connectivity index (χ1) is 18.8. The van der Waals surface area contributed by atoms with Gasteiger partial charge < -0.3 is 15.1 Å². The Kier molecular flexibility index (Phi) is 7.58. The molecule has 0 saturated heterocycles. The van der Waals surface area contributed by atoms with Crippen molar-refractivity contribution < 1.29 is 18.8 Å². The predicted molar refractivity (Wildman–Crippen MR) is 153 cm³/mol. The first-order valence-corrected chi connectivity index (χ1v) is 13.3. The van der Waals surface area contributed by atoms with Gasteiger partial charge in [-0.25, -0.2) is 0 Å².